The molecular weight excluding hydrogens is 276 g/mol. The Kier molecular flexibility index (Phi) is 6.25. The Morgan fingerprint density at radius 1 is 1.36 bits per heavy atom. The van der Waals surface area contributed by atoms with Gasteiger partial charge in [-0.25, -0.2) is 0 Å². The van der Waals surface area contributed by atoms with Gasteiger partial charge < -0.3 is 15.4 Å². The number of carbonyl (C=O) groups is 1. The van der Waals surface area contributed by atoms with Gasteiger partial charge in [0, 0.05) is 6.42 Å². The summed E-state index contributed by atoms with van der Waals surface area (Å²) in [6.45, 7) is 8.00. The third-order valence-corrected chi connectivity index (χ3v) is 4.39. The van der Waals surface area contributed by atoms with Crippen LogP contribution in [0.15, 0.2) is 18.2 Å². The van der Waals surface area contributed by atoms with Gasteiger partial charge in [0.1, 0.15) is 5.75 Å². The van der Waals surface area contributed by atoms with E-state index < -0.39 is 0 Å². The molecule has 0 unspecified atom stereocenters. The number of nitrogens with zero attached hydrogens (tertiary/aromatic N) is 1. The predicted molar refractivity (Wildman–Crippen MR) is 89.2 cm³/mol. The number of rotatable bonds is 7. The van der Waals surface area contributed by atoms with E-state index in [1.807, 2.05) is 6.92 Å². The number of hydrogen-bond donors (Lipinski definition) is 1. The van der Waals surface area contributed by atoms with Crippen molar-refractivity contribution < 1.29 is 9.53 Å². The lowest BCUT2D eigenvalue weighted by molar-refractivity contribution is -0.118. The maximum Gasteiger partial charge on any atom is 0.217 e. The predicted octanol–water partition coefficient (Wildman–Crippen LogP) is 2.84. The molecule has 0 aliphatic carbocycles. The van der Waals surface area contributed by atoms with E-state index in [-0.39, 0.29) is 5.91 Å². The number of aryl methyl sites for hydroxylation is 1. The molecule has 1 aromatic carbocycles. The molecule has 2 N–H and O–H groups in total. The molecule has 0 aromatic heterocycles. The van der Waals surface area contributed by atoms with Gasteiger partial charge in [0.25, 0.3) is 0 Å². The van der Waals surface area contributed by atoms with Crippen molar-refractivity contribution in [1.29, 1.82) is 0 Å². The molecule has 4 heteroatoms. The summed E-state index contributed by atoms with van der Waals surface area (Å²) in [5.74, 6) is 1.43. The Hall–Kier alpha value is -1.55. The van der Waals surface area contributed by atoms with Gasteiger partial charge in [0.2, 0.25) is 5.91 Å². The molecule has 1 aliphatic heterocycles. The molecule has 1 fully saturated rings. The van der Waals surface area contributed by atoms with E-state index in [0.717, 1.165) is 44.6 Å². The molecule has 0 atom stereocenters. The Bertz CT molecular complexity index is 494. The van der Waals surface area contributed by atoms with Gasteiger partial charge in [-0.05, 0) is 75.9 Å². The Balaban J connectivity index is 1.90. The molecular formula is C18H28N2O2. The van der Waals surface area contributed by atoms with Crippen LogP contribution in [0.3, 0.4) is 0 Å². The second-order valence-corrected chi connectivity index (χ2v) is 6.16. The average molecular weight is 304 g/mol. The summed E-state index contributed by atoms with van der Waals surface area (Å²) in [4.78, 5) is 13.2. The van der Waals surface area contributed by atoms with Crippen LogP contribution < -0.4 is 10.5 Å². The number of likely N-dealkylation sites (tertiary alicyclic amines) is 1. The molecule has 22 heavy (non-hydrogen) atoms. The highest BCUT2D eigenvalue weighted by molar-refractivity contribution is 5.73. The normalized spacial score (nSPS) is 16.6. The maximum atomic E-state index is 10.8. The summed E-state index contributed by atoms with van der Waals surface area (Å²) in [5.41, 5.74) is 7.79. The summed E-state index contributed by atoms with van der Waals surface area (Å²) in [7, 11) is 0. The van der Waals surface area contributed by atoms with Crippen LogP contribution in [0.2, 0.25) is 0 Å². The summed E-state index contributed by atoms with van der Waals surface area (Å²) in [5, 5.41) is 0. The van der Waals surface area contributed by atoms with Crippen LogP contribution in [0.4, 0.5) is 0 Å². The molecule has 2 rings (SSSR count). The molecule has 1 aliphatic rings. The third kappa shape index (κ3) is 4.73. The standard InChI is InChI=1S/C18H28N2O2/c1-3-22-17-13-14(2)6-7-16(17)15-8-11-20(12-9-15)10-4-5-18(19)21/h6-7,13,15H,3-5,8-12H2,1-2H3,(H2,19,21). The van der Waals surface area contributed by atoms with Crippen LogP contribution in [0, 0.1) is 6.92 Å². The monoisotopic (exact) mass is 304 g/mol. The van der Waals surface area contributed by atoms with Crippen LogP contribution in [-0.4, -0.2) is 37.0 Å². The number of amides is 1. The summed E-state index contributed by atoms with van der Waals surface area (Å²) < 4.78 is 5.82. The van der Waals surface area contributed by atoms with E-state index in [4.69, 9.17) is 10.5 Å². The zero-order valence-electron chi connectivity index (χ0n) is 13.8. The molecule has 0 saturated carbocycles. The van der Waals surface area contributed by atoms with Crippen molar-refractivity contribution in [2.75, 3.05) is 26.2 Å². The average Bonchev–Trinajstić information content (AvgIpc) is 2.48. The van der Waals surface area contributed by atoms with Crippen molar-refractivity contribution >= 4 is 5.91 Å². The summed E-state index contributed by atoms with van der Waals surface area (Å²) in [6.07, 6.45) is 3.67. The first kappa shape index (κ1) is 16.8. The van der Waals surface area contributed by atoms with Crippen molar-refractivity contribution in [2.24, 2.45) is 5.73 Å². The molecule has 0 bridgehead atoms. The molecule has 0 spiro atoms. The van der Waals surface area contributed by atoms with E-state index >= 15 is 0 Å². The number of ether oxygens (including phenoxy) is 1. The first-order valence-corrected chi connectivity index (χ1v) is 8.34. The largest absolute Gasteiger partial charge is 0.494 e. The molecule has 1 saturated heterocycles. The molecule has 1 heterocycles. The fourth-order valence-electron chi connectivity index (χ4n) is 3.20. The Morgan fingerprint density at radius 2 is 2.09 bits per heavy atom. The molecule has 1 amide bonds. The first-order chi connectivity index (χ1) is 10.6. The van der Waals surface area contributed by atoms with Crippen molar-refractivity contribution in [3.05, 3.63) is 29.3 Å². The van der Waals surface area contributed by atoms with Crippen LogP contribution >= 0.6 is 0 Å². The summed E-state index contributed by atoms with van der Waals surface area (Å²) in [6, 6.07) is 6.56. The van der Waals surface area contributed by atoms with E-state index in [9.17, 15) is 4.79 Å². The Morgan fingerprint density at radius 3 is 2.73 bits per heavy atom. The highest BCUT2D eigenvalue weighted by atomic mass is 16.5. The number of primary amides is 1. The quantitative estimate of drug-likeness (QED) is 0.842. The second-order valence-electron chi connectivity index (χ2n) is 6.16. The van der Waals surface area contributed by atoms with Gasteiger partial charge in [-0.15, -0.1) is 0 Å². The van der Waals surface area contributed by atoms with E-state index in [2.05, 4.69) is 30.0 Å². The van der Waals surface area contributed by atoms with Gasteiger partial charge in [-0.1, -0.05) is 12.1 Å². The zero-order chi connectivity index (χ0) is 15.9. The fourth-order valence-corrected chi connectivity index (χ4v) is 3.20. The van der Waals surface area contributed by atoms with Gasteiger partial charge in [-0.3, -0.25) is 4.79 Å². The molecule has 1 aromatic rings. The van der Waals surface area contributed by atoms with Gasteiger partial charge in [0.05, 0.1) is 6.61 Å². The van der Waals surface area contributed by atoms with E-state index in [1.54, 1.807) is 0 Å². The van der Waals surface area contributed by atoms with Crippen LogP contribution in [0.5, 0.6) is 5.75 Å². The minimum atomic E-state index is -0.198. The minimum Gasteiger partial charge on any atom is -0.494 e. The number of hydrogen-bond acceptors (Lipinski definition) is 3. The van der Waals surface area contributed by atoms with Crippen molar-refractivity contribution in [3.8, 4) is 5.75 Å². The van der Waals surface area contributed by atoms with Crippen LogP contribution in [0.25, 0.3) is 0 Å². The molecule has 4 nitrogen and oxygen atoms in total. The smallest absolute Gasteiger partial charge is 0.217 e. The summed E-state index contributed by atoms with van der Waals surface area (Å²) >= 11 is 0. The lowest BCUT2D eigenvalue weighted by Crippen LogP contribution is -2.34. The number of carbonyl (C=O) groups excluding carboxylic acids is 1. The van der Waals surface area contributed by atoms with Crippen molar-refractivity contribution in [2.45, 2.75) is 45.4 Å². The van der Waals surface area contributed by atoms with Gasteiger partial charge in [-0.2, -0.15) is 0 Å². The highest BCUT2D eigenvalue weighted by Crippen LogP contribution is 2.35. The first-order valence-electron chi connectivity index (χ1n) is 8.34. The van der Waals surface area contributed by atoms with Gasteiger partial charge in [0.15, 0.2) is 0 Å². The molecule has 0 radical (unpaired) electrons. The minimum absolute atomic E-state index is 0.198. The highest BCUT2D eigenvalue weighted by Gasteiger charge is 2.23. The van der Waals surface area contributed by atoms with Gasteiger partial charge >= 0.3 is 0 Å². The lowest BCUT2D eigenvalue weighted by atomic mass is 9.88. The Labute approximate surface area is 133 Å². The topological polar surface area (TPSA) is 55.6 Å². The van der Waals surface area contributed by atoms with E-state index in [0.29, 0.717) is 18.9 Å². The van der Waals surface area contributed by atoms with Crippen LogP contribution in [0.1, 0.15) is 49.7 Å². The zero-order valence-corrected chi connectivity index (χ0v) is 13.8. The van der Waals surface area contributed by atoms with E-state index in [1.165, 1.54) is 11.1 Å². The SMILES string of the molecule is CCOc1cc(C)ccc1C1CCN(CCCC(N)=O)CC1. The number of benzene rings is 1. The number of nitrogens with two attached hydrogens (primary N) is 1. The fraction of sp³-hybridized carbons (Fsp3) is 0.611. The van der Waals surface area contributed by atoms with Crippen molar-refractivity contribution in [1.82, 2.24) is 4.90 Å². The van der Waals surface area contributed by atoms with Crippen LogP contribution in [-0.2, 0) is 4.79 Å². The number of piperidine rings is 1. The lowest BCUT2D eigenvalue weighted by Gasteiger charge is -2.32. The molecule has 122 valence electrons. The van der Waals surface area contributed by atoms with Crippen molar-refractivity contribution in [3.63, 3.8) is 0 Å². The third-order valence-electron chi connectivity index (χ3n) is 4.39. The second kappa shape index (κ2) is 8.18. The maximum absolute atomic E-state index is 10.8.